The molecule has 1 rings (SSSR count). The van der Waals surface area contributed by atoms with Crippen LogP contribution in [0.3, 0.4) is 0 Å². The van der Waals surface area contributed by atoms with E-state index in [4.69, 9.17) is 22.1 Å². The minimum Gasteiger partial charge on any atom is -0.399 e. The van der Waals surface area contributed by atoms with Crippen LogP contribution in [-0.2, 0) is 9.53 Å². The number of amides is 1. The maximum atomic E-state index is 11.9. The number of hydrogen-bond donors (Lipinski definition) is 2. The Morgan fingerprint density at radius 1 is 1.45 bits per heavy atom. The number of nitrogens with zero attached hydrogens (tertiary/aromatic N) is 1. The molecule has 0 fully saturated rings. The first-order valence-corrected chi connectivity index (χ1v) is 7.00. The smallest absolute Gasteiger partial charge is 0.225 e. The van der Waals surface area contributed by atoms with Gasteiger partial charge in [0, 0.05) is 32.3 Å². The fourth-order valence-electron chi connectivity index (χ4n) is 1.75. The van der Waals surface area contributed by atoms with Crippen LogP contribution in [0.2, 0.25) is 5.02 Å². The lowest BCUT2D eigenvalue weighted by Crippen LogP contribution is -2.30. The molecule has 0 heterocycles. The summed E-state index contributed by atoms with van der Waals surface area (Å²) in [6, 6.07) is 5.03. The summed E-state index contributed by atoms with van der Waals surface area (Å²) in [5.74, 6) is -0.0625. The topological polar surface area (TPSA) is 67.6 Å². The normalized spacial score (nSPS) is 10.8. The van der Waals surface area contributed by atoms with Crippen LogP contribution in [0.4, 0.5) is 11.4 Å². The standard InChI is InChI=1S/C14H22ClN3O2/c1-3-18(8-9-20-2)7-6-14(19)17-13-5-4-11(16)10-12(13)15/h4-5,10H,3,6-9,16H2,1-2H3,(H,17,19). The molecule has 20 heavy (non-hydrogen) atoms. The van der Waals surface area contributed by atoms with Gasteiger partial charge in [-0.05, 0) is 24.7 Å². The minimum atomic E-state index is -0.0625. The Labute approximate surface area is 125 Å². The lowest BCUT2D eigenvalue weighted by molar-refractivity contribution is -0.116. The van der Waals surface area contributed by atoms with Crippen molar-refractivity contribution in [1.82, 2.24) is 4.90 Å². The minimum absolute atomic E-state index is 0.0625. The van der Waals surface area contributed by atoms with E-state index in [1.807, 2.05) is 0 Å². The van der Waals surface area contributed by atoms with Gasteiger partial charge >= 0.3 is 0 Å². The largest absolute Gasteiger partial charge is 0.399 e. The lowest BCUT2D eigenvalue weighted by atomic mass is 10.2. The van der Waals surface area contributed by atoms with Crippen molar-refractivity contribution in [2.75, 3.05) is 44.4 Å². The first-order chi connectivity index (χ1) is 9.56. The molecule has 0 saturated heterocycles. The van der Waals surface area contributed by atoms with Gasteiger partial charge in [-0.2, -0.15) is 0 Å². The first kappa shape index (κ1) is 16.8. The molecule has 1 aromatic rings. The number of carbonyl (C=O) groups is 1. The number of nitrogens with two attached hydrogens (primary N) is 1. The number of methoxy groups -OCH3 is 1. The Balaban J connectivity index is 2.43. The Morgan fingerprint density at radius 2 is 2.20 bits per heavy atom. The third kappa shape index (κ3) is 5.77. The van der Waals surface area contributed by atoms with Gasteiger partial charge in [-0.3, -0.25) is 4.79 Å². The van der Waals surface area contributed by atoms with Gasteiger partial charge in [-0.15, -0.1) is 0 Å². The number of ether oxygens (including phenoxy) is 1. The van der Waals surface area contributed by atoms with Gasteiger partial charge in [-0.1, -0.05) is 18.5 Å². The predicted octanol–water partition coefficient (Wildman–Crippen LogP) is 2.22. The number of rotatable bonds is 8. The molecule has 1 aromatic carbocycles. The monoisotopic (exact) mass is 299 g/mol. The van der Waals surface area contributed by atoms with Crippen LogP contribution < -0.4 is 11.1 Å². The van der Waals surface area contributed by atoms with Crippen LogP contribution in [0.15, 0.2) is 18.2 Å². The zero-order chi connectivity index (χ0) is 15.0. The second-order valence-corrected chi connectivity index (χ2v) is 4.87. The van der Waals surface area contributed by atoms with Crippen LogP contribution in [-0.4, -0.2) is 44.2 Å². The second-order valence-electron chi connectivity index (χ2n) is 4.46. The number of likely N-dealkylation sites (N-methyl/N-ethyl adjacent to an activating group) is 1. The zero-order valence-electron chi connectivity index (χ0n) is 12.0. The number of hydrogen-bond acceptors (Lipinski definition) is 4. The highest BCUT2D eigenvalue weighted by molar-refractivity contribution is 6.34. The van der Waals surface area contributed by atoms with Gasteiger partial charge in [0.2, 0.25) is 5.91 Å². The van der Waals surface area contributed by atoms with E-state index in [2.05, 4.69) is 17.1 Å². The van der Waals surface area contributed by atoms with E-state index in [-0.39, 0.29) is 5.91 Å². The molecule has 5 nitrogen and oxygen atoms in total. The summed E-state index contributed by atoms with van der Waals surface area (Å²) in [7, 11) is 1.67. The van der Waals surface area contributed by atoms with E-state index in [9.17, 15) is 4.79 Å². The molecule has 0 bridgehead atoms. The van der Waals surface area contributed by atoms with Crippen molar-refractivity contribution in [3.63, 3.8) is 0 Å². The second kappa shape index (κ2) is 8.79. The predicted molar refractivity (Wildman–Crippen MR) is 83.1 cm³/mol. The summed E-state index contributed by atoms with van der Waals surface area (Å²) in [6.07, 6.45) is 0.415. The van der Waals surface area contributed by atoms with Crippen LogP contribution >= 0.6 is 11.6 Å². The van der Waals surface area contributed by atoms with Crippen molar-refractivity contribution < 1.29 is 9.53 Å². The number of nitrogen functional groups attached to an aromatic ring is 1. The van der Waals surface area contributed by atoms with Crippen molar-refractivity contribution in [3.05, 3.63) is 23.2 Å². The molecule has 0 saturated carbocycles. The van der Waals surface area contributed by atoms with E-state index >= 15 is 0 Å². The van der Waals surface area contributed by atoms with E-state index in [0.29, 0.717) is 36.0 Å². The average Bonchev–Trinajstić information content (AvgIpc) is 2.42. The number of halogens is 1. The molecule has 112 valence electrons. The Kier molecular flexibility index (Phi) is 7.36. The van der Waals surface area contributed by atoms with Crippen molar-refractivity contribution in [2.24, 2.45) is 0 Å². The summed E-state index contributed by atoms with van der Waals surface area (Å²) < 4.78 is 5.03. The highest BCUT2D eigenvalue weighted by Gasteiger charge is 2.09. The number of nitrogens with one attached hydrogen (secondary N) is 1. The van der Waals surface area contributed by atoms with Crippen molar-refractivity contribution >= 4 is 28.9 Å². The summed E-state index contributed by atoms with van der Waals surface area (Å²) in [5, 5.41) is 3.24. The maximum absolute atomic E-state index is 11.9. The Bertz CT molecular complexity index is 440. The van der Waals surface area contributed by atoms with E-state index in [1.54, 1.807) is 25.3 Å². The molecule has 0 atom stereocenters. The molecule has 6 heteroatoms. The van der Waals surface area contributed by atoms with Gasteiger partial charge in [0.25, 0.3) is 0 Å². The van der Waals surface area contributed by atoms with E-state index in [0.717, 1.165) is 13.1 Å². The molecule has 3 N–H and O–H groups in total. The van der Waals surface area contributed by atoms with Crippen LogP contribution in [0.25, 0.3) is 0 Å². The summed E-state index contributed by atoms with van der Waals surface area (Å²) in [4.78, 5) is 14.0. The molecule has 0 spiro atoms. The van der Waals surface area contributed by atoms with Gasteiger partial charge in [0.1, 0.15) is 0 Å². The average molecular weight is 300 g/mol. The number of anilines is 2. The van der Waals surface area contributed by atoms with Gasteiger partial charge in [0.05, 0.1) is 17.3 Å². The fourth-order valence-corrected chi connectivity index (χ4v) is 1.99. The number of carbonyl (C=O) groups excluding carboxylic acids is 1. The summed E-state index contributed by atoms with van der Waals surface area (Å²) in [5.41, 5.74) is 6.77. The quantitative estimate of drug-likeness (QED) is 0.722. The molecule has 0 aromatic heterocycles. The highest BCUT2D eigenvalue weighted by atomic mass is 35.5. The molecule has 0 radical (unpaired) electrons. The molecular formula is C14H22ClN3O2. The van der Waals surface area contributed by atoms with Crippen molar-refractivity contribution in [2.45, 2.75) is 13.3 Å². The van der Waals surface area contributed by atoms with Crippen LogP contribution in [0, 0.1) is 0 Å². The van der Waals surface area contributed by atoms with E-state index < -0.39 is 0 Å². The first-order valence-electron chi connectivity index (χ1n) is 6.63. The summed E-state index contributed by atoms with van der Waals surface area (Å²) in [6.45, 7) is 5.13. The van der Waals surface area contributed by atoms with Gasteiger partial charge < -0.3 is 20.7 Å². The van der Waals surface area contributed by atoms with Crippen LogP contribution in [0.5, 0.6) is 0 Å². The lowest BCUT2D eigenvalue weighted by Gasteiger charge is -2.19. The maximum Gasteiger partial charge on any atom is 0.225 e. The molecule has 0 aliphatic carbocycles. The van der Waals surface area contributed by atoms with Crippen LogP contribution in [0.1, 0.15) is 13.3 Å². The SMILES string of the molecule is CCN(CCOC)CCC(=O)Nc1ccc(N)cc1Cl. The molecule has 0 unspecified atom stereocenters. The fraction of sp³-hybridized carbons (Fsp3) is 0.500. The van der Waals surface area contributed by atoms with Crippen molar-refractivity contribution in [1.29, 1.82) is 0 Å². The van der Waals surface area contributed by atoms with Crippen molar-refractivity contribution in [3.8, 4) is 0 Å². The van der Waals surface area contributed by atoms with Gasteiger partial charge in [0.15, 0.2) is 0 Å². The molecule has 1 amide bonds. The Morgan fingerprint density at radius 3 is 2.80 bits per heavy atom. The zero-order valence-corrected chi connectivity index (χ0v) is 12.7. The van der Waals surface area contributed by atoms with E-state index in [1.165, 1.54) is 0 Å². The third-order valence-corrected chi connectivity index (χ3v) is 3.29. The molecular weight excluding hydrogens is 278 g/mol. The number of benzene rings is 1. The third-order valence-electron chi connectivity index (χ3n) is 2.98. The van der Waals surface area contributed by atoms with Gasteiger partial charge in [-0.25, -0.2) is 0 Å². The molecule has 0 aliphatic rings. The Hall–Kier alpha value is -1.30. The molecule has 0 aliphatic heterocycles. The highest BCUT2D eigenvalue weighted by Crippen LogP contribution is 2.24. The summed E-state index contributed by atoms with van der Waals surface area (Å²) >= 11 is 6.01.